The summed E-state index contributed by atoms with van der Waals surface area (Å²) >= 11 is 12.0. The Labute approximate surface area is 149 Å². The van der Waals surface area contributed by atoms with Gasteiger partial charge < -0.3 is 10.1 Å². The zero-order valence-corrected chi connectivity index (χ0v) is 15.0. The molecule has 7 heteroatoms. The molecule has 0 spiro atoms. The fourth-order valence-corrected chi connectivity index (χ4v) is 2.79. The van der Waals surface area contributed by atoms with Crippen molar-refractivity contribution >= 4 is 40.8 Å². The zero-order chi connectivity index (χ0) is 17.9. The Bertz CT molecular complexity index is 783. The molecule has 0 atom stereocenters. The molecule has 0 unspecified atom stereocenters. The van der Waals surface area contributed by atoms with Gasteiger partial charge in [-0.2, -0.15) is 0 Å². The van der Waals surface area contributed by atoms with E-state index in [4.69, 9.17) is 27.9 Å². The molecule has 0 saturated carbocycles. The number of esters is 1. The highest BCUT2D eigenvalue weighted by Gasteiger charge is 2.18. The first-order valence-corrected chi connectivity index (χ1v) is 7.90. The first-order chi connectivity index (χ1) is 11.3. The van der Waals surface area contributed by atoms with Crippen LogP contribution in [0.4, 0.5) is 5.69 Å². The van der Waals surface area contributed by atoms with Crippen molar-refractivity contribution in [3.63, 3.8) is 0 Å². The Morgan fingerprint density at radius 3 is 2.50 bits per heavy atom. The molecule has 1 aromatic heterocycles. The van der Waals surface area contributed by atoms with Crippen LogP contribution in [0.5, 0.6) is 0 Å². The fraction of sp³-hybridized carbons (Fsp3) is 0.235. The molecular weight excluding hydrogens is 351 g/mol. The maximum absolute atomic E-state index is 12.1. The highest BCUT2D eigenvalue weighted by atomic mass is 35.5. The van der Waals surface area contributed by atoms with E-state index in [0.29, 0.717) is 22.0 Å². The molecule has 1 aromatic carbocycles. The van der Waals surface area contributed by atoms with Crippen molar-refractivity contribution in [3.8, 4) is 0 Å². The molecular formula is C17H16Cl2N2O3. The summed E-state index contributed by atoms with van der Waals surface area (Å²) in [5.74, 6) is -1.20. The largest absolute Gasteiger partial charge is 0.452 e. The van der Waals surface area contributed by atoms with Crippen molar-refractivity contribution in [2.24, 2.45) is 0 Å². The number of benzene rings is 1. The van der Waals surface area contributed by atoms with E-state index >= 15 is 0 Å². The summed E-state index contributed by atoms with van der Waals surface area (Å²) in [6, 6.07) is 6.94. The second-order valence-corrected chi connectivity index (χ2v) is 6.12. The minimum atomic E-state index is -0.699. The van der Waals surface area contributed by atoms with Crippen LogP contribution in [-0.4, -0.2) is 23.5 Å². The predicted molar refractivity (Wildman–Crippen MR) is 93.8 cm³/mol. The molecule has 0 bridgehead atoms. The lowest BCUT2D eigenvalue weighted by atomic mass is 10.1. The van der Waals surface area contributed by atoms with E-state index in [9.17, 15) is 9.59 Å². The maximum atomic E-state index is 12.1. The number of hydrogen-bond donors (Lipinski definition) is 1. The Morgan fingerprint density at radius 2 is 1.88 bits per heavy atom. The van der Waals surface area contributed by atoms with E-state index in [-0.39, 0.29) is 10.7 Å². The summed E-state index contributed by atoms with van der Waals surface area (Å²) in [4.78, 5) is 28.0. The highest BCUT2D eigenvalue weighted by molar-refractivity contribution is 6.34. The summed E-state index contributed by atoms with van der Waals surface area (Å²) < 4.78 is 5.01. The van der Waals surface area contributed by atoms with E-state index in [1.807, 2.05) is 13.0 Å². The maximum Gasteiger partial charge on any atom is 0.342 e. The third-order valence-corrected chi connectivity index (χ3v) is 3.82. The Morgan fingerprint density at radius 1 is 1.17 bits per heavy atom. The van der Waals surface area contributed by atoms with Gasteiger partial charge in [0.2, 0.25) is 0 Å². The lowest BCUT2D eigenvalue weighted by molar-refractivity contribution is -0.119. The van der Waals surface area contributed by atoms with Gasteiger partial charge in [-0.1, -0.05) is 29.3 Å². The summed E-state index contributed by atoms with van der Waals surface area (Å²) in [6.45, 7) is 4.93. The van der Waals surface area contributed by atoms with Crippen molar-refractivity contribution < 1.29 is 14.3 Å². The average Bonchev–Trinajstić information content (AvgIpc) is 2.47. The number of aryl methyl sites for hydroxylation is 3. The Kier molecular flexibility index (Phi) is 5.80. The molecule has 1 N–H and O–H groups in total. The van der Waals surface area contributed by atoms with Crippen LogP contribution in [0.25, 0.3) is 0 Å². The second kappa shape index (κ2) is 7.64. The summed E-state index contributed by atoms with van der Waals surface area (Å²) in [5.41, 5.74) is 2.92. The molecule has 5 nitrogen and oxygen atoms in total. The van der Waals surface area contributed by atoms with Crippen LogP contribution in [0.1, 0.15) is 27.2 Å². The van der Waals surface area contributed by atoms with Crippen LogP contribution in [0.15, 0.2) is 24.3 Å². The van der Waals surface area contributed by atoms with Crippen LogP contribution in [0.2, 0.25) is 10.2 Å². The number of aromatic nitrogens is 1. The lowest BCUT2D eigenvalue weighted by Crippen LogP contribution is -2.21. The average molecular weight is 367 g/mol. The summed E-state index contributed by atoms with van der Waals surface area (Å²) in [7, 11) is 0. The van der Waals surface area contributed by atoms with Gasteiger partial charge in [-0.15, -0.1) is 0 Å². The van der Waals surface area contributed by atoms with Crippen molar-refractivity contribution in [1.82, 2.24) is 4.98 Å². The van der Waals surface area contributed by atoms with Gasteiger partial charge in [-0.25, -0.2) is 9.78 Å². The van der Waals surface area contributed by atoms with Crippen LogP contribution < -0.4 is 5.32 Å². The SMILES string of the molecule is Cc1ccc(NC(=O)COC(=O)c2c(C)cc(C)nc2Cl)c(Cl)c1. The van der Waals surface area contributed by atoms with Crippen molar-refractivity contribution in [1.29, 1.82) is 0 Å². The van der Waals surface area contributed by atoms with Crippen LogP contribution in [0, 0.1) is 20.8 Å². The standard InChI is InChI=1S/C17H16Cl2N2O3/c1-9-4-5-13(12(18)6-9)21-14(22)8-24-17(23)15-10(2)7-11(3)20-16(15)19/h4-7H,8H2,1-3H3,(H,21,22). The zero-order valence-electron chi connectivity index (χ0n) is 13.4. The smallest absolute Gasteiger partial charge is 0.342 e. The molecule has 2 aromatic rings. The van der Waals surface area contributed by atoms with Crippen LogP contribution >= 0.6 is 23.2 Å². The minimum Gasteiger partial charge on any atom is -0.452 e. The van der Waals surface area contributed by atoms with Gasteiger partial charge in [0.1, 0.15) is 5.15 Å². The highest BCUT2D eigenvalue weighted by Crippen LogP contribution is 2.23. The monoisotopic (exact) mass is 366 g/mol. The molecule has 126 valence electrons. The Balaban J connectivity index is 2.00. The molecule has 0 fully saturated rings. The number of nitrogens with zero attached hydrogens (tertiary/aromatic N) is 1. The number of carbonyl (C=O) groups excluding carboxylic acids is 2. The van der Waals surface area contributed by atoms with Gasteiger partial charge in [-0.3, -0.25) is 4.79 Å². The number of ether oxygens (including phenoxy) is 1. The van der Waals surface area contributed by atoms with Crippen LogP contribution in [0.3, 0.4) is 0 Å². The first kappa shape index (κ1) is 18.2. The third kappa shape index (κ3) is 4.46. The first-order valence-electron chi connectivity index (χ1n) is 7.15. The lowest BCUT2D eigenvalue weighted by Gasteiger charge is -2.10. The number of hydrogen-bond acceptors (Lipinski definition) is 4. The molecule has 2 rings (SSSR count). The number of rotatable bonds is 4. The van der Waals surface area contributed by atoms with Gasteiger partial charge in [0, 0.05) is 5.69 Å². The molecule has 0 aliphatic heterocycles. The number of anilines is 1. The van der Waals surface area contributed by atoms with Gasteiger partial charge in [-0.05, 0) is 50.1 Å². The van der Waals surface area contributed by atoms with E-state index < -0.39 is 18.5 Å². The normalized spacial score (nSPS) is 10.4. The Hall–Kier alpha value is -2.11. The molecule has 0 saturated heterocycles. The van der Waals surface area contributed by atoms with E-state index in [0.717, 1.165) is 5.56 Å². The number of pyridine rings is 1. The molecule has 1 heterocycles. The molecule has 0 radical (unpaired) electrons. The number of halogens is 2. The topological polar surface area (TPSA) is 68.3 Å². The minimum absolute atomic E-state index is 0.0551. The molecule has 0 aliphatic rings. The van der Waals surface area contributed by atoms with E-state index in [1.165, 1.54) is 0 Å². The molecule has 24 heavy (non-hydrogen) atoms. The van der Waals surface area contributed by atoms with Gasteiger partial charge in [0.05, 0.1) is 16.3 Å². The summed E-state index contributed by atoms with van der Waals surface area (Å²) in [6.07, 6.45) is 0. The fourth-order valence-electron chi connectivity index (χ4n) is 2.15. The summed E-state index contributed by atoms with van der Waals surface area (Å²) in [5, 5.41) is 3.05. The van der Waals surface area contributed by atoms with Crippen LogP contribution in [-0.2, 0) is 9.53 Å². The molecule has 1 amide bonds. The van der Waals surface area contributed by atoms with Gasteiger partial charge in [0.15, 0.2) is 6.61 Å². The second-order valence-electron chi connectivity index (χ2n) is 5.35. The molecule has 0 aliphatic carbocycles. The number of amides is 1. The van der Waals surface area contributed by atoms with E-state index in [1.54, 1.807) is 32.0 Å². The predicted octanol–water partition coefficient (Wildman–Crippen LogP) is 4.11. The third-order valence-electron chi connectivity index (χ3n) is 3.24. The quantitative estimate of drug-likeness (QED) is 0.652. The van der Waals surface area contributed by atoms with Crippen molar-refractivity contribution in [2.75, 3.05) is 11.9 Å². The van der Waals surface area contributed by atoms with Gasteiger partial charge >= 0.3 is 5.97 Å². The van der Waals surface area contributed by atoms with Gasteiger partial charge in [0.25, 0.3) is 5.91 Å². The number of nitrogens with one attached hydrogen (secondary N) is 1. The van der Waals surface area contributed by atoms with E-state index in [2.05, 4.69) is 10.3 Å². The number of carbonyl (C=O) groups is 2. The van der Waals surface area contributed by atoms with Crippen molar-refractivity contribution in [3.05, 3.63) is 56.8 Å². The van der Waals surface area contributed by atoms with Crippen molar-refractivity contribution in [2.45, 2.75) is 20.8 Å².